The van der Waals surface area contributed by atoms with Crippen molar-refractivity contribution in [3.63, 3.8) is 0 Å². The molecular formula is C65H65BN2. The third kappa shape index (κ3) is 6.16. The second-order valence-corrected chi connectivity index (χ2v) is 24.4. The Balaban J connectivity index is 1.28. The maximum Gasteiger partial charge on any atom is 0.333 e. The zero-order valence-corrected chi connectivity index (χ0v) is 42.3. The molecule has 0 N–H and O–H groups in total. The molecule has 338 valence electrons. The minimum atomic E-state index is -0.182. The molecule has 2 nitrogen and oxygen atoms in total. The molecule has 0 spiro atoms. The SMILES string of the molecule is CC(C)(C)c1ccc(N2B3c4ccc5c(c4N(c4ccc(C(C)(C)C)cc4-c4ccccc4)c4cc6ccccc6c(c43)-c3cc4c(cc32)C(C)(C)CCC4(C)C)-c2ccccc2C5(C)C)cc1. The second kappa shape index (κ2) is 14.4. The second-order valence-electron chi connectivity index (χ2n) is 24.4. The summed E-state index contributed by atoms with van der Waals surface area (Å²) in [7, 11) is 0. The van der Waals surface area contributed by atoms with E-state index in [1.165, 1.54) is 117 Å². The predicted octanol–water partition coefficient (Wildman–Crippen LogP) is 16.5. The monoisotopic (exact) mass is 885 g/mol. The van der Waals surface area contributed by atoms with Crippen molar-refractivity contribution in [3.05, 3.63) is 185 Å². The topological polar surface area (TPSA) is 6.48 Å². The lowest BCUT2D eigenvalue weighted by molar-refractivity contribution is 0.332. The summed E-state index contributed by atoms with van der Waals surface area (Å²) in [5.41, 5.74) is 25.2. The zero-order valence-electron chi connectivity index (χ0n) is 42.3. The molecule has 2 aliphatic heterocycles. The van der Waals surface area contributed by atoms with E-state index in [0.29, 0.717) is 0 Å². The van der Waals surface area contributed by atoms with E-state index >= 15 is 0 Å². The van der Waals surface area contributed by atoms with Gasteiger partial charge in [-0.15, -0.1) is 0 Å². The highest BCUT2D eigenvalue weighted by molar-refractivity contribution is 6.94. The Morgan fingerprint density at radius 3 is 1.81 bits per heavy atom. The van der Waals surface area contributed by atoms with Gasteiger partial charge in [0.25, 0.3) is 0 Å². The molecule has 0 radical (unpaired) electrons. The van der Waals surface area contributed by atoms with Gasteiger partial charge < -0.3 is 9.71 Å². The van der Waals surface area contributed by atoms with Crippen molar-refractivity contribution in [2.75, 3.05) is 9.71 Å². The van der Waals surface area contributed by atoms with E-state index in [9.17, 15) is 0 Å². The molecule has 0 aromatic heterocycles. The van der Waals surface area contributed by atoms with E-state index < -0.39 is 0 Å². The Bertz CT molecular complexity index is 3390. The first-order valence-electron chi connectivity index (χ1n) is 25.2. The first-order chi connectivity index (χ1) is 32.3. The summed E-state index contributed by atoms with van der Waals surface area (Å²) in [4.78, 5) is 5.48. The van der Waals surface area contributed by atoms with Crippen molar-refractivity contribution >= 4 is 57.0 Å². The van der Waals surface area contributed by atoms with Gasteiger partial charge in [0.15, 0.2) is 0 Å². The van der Waals surface area contributed by atoms with Gasteiger partial charge in [-0.2, -0.15) is 0 Å². The molecule has 0 atom stereocenters. The standard InChI is InChI=1S/C65H65BN2/c1-61(2,3)42-26-29-44(30-27-42)68-55-39-52-51(63(7,8)34-35-64(52,9)10)38-48(55)57-45-23-17-16-22-41(45)36-56-59(57)66(68)53-32-31-50-58(46-24-18-19-25-49(46)65(50,11)12)60(53)67(56)54-33-28-43(62(4,5)6)37-47(54)40-20-14-13-15-21-40/h13-33,36-39H,34-35H2,1-12H3. The molecule has 12 rings (SSSR count). The molecule has 0 unspecified atom stereocenters. The average Bonchev–Trinajstić information content (AvgIpc) is 3.55. The lowest BCUT2D eigenvalue weighted by atomic mass is 9.42. The van der Waals surface area contributed by atoms with E-state index in [2.05, 4.69) is 244 Å². The Hall–Kier alpha value is -6.32. The number of rotatable bonds is 3. The van der Waals surface area contributed by atoms with Crippen molar-refractivity contribution in [1.82, 2.24) is 0 Å². The molecule has 8 aromatic rings. The van der Waals surface area contributed by atoms with E-state index in [4.69, 9.17) is 0 Å². The van der Waals surface area contributed by atoms with Gasteiger partial charge >= 0.3 is 6.85 Å². The summed E-state index contributed by atoms with van der Waals surface area (Å²) in [5, 5.41) is 2.58. The van der Waals surface area contributed by atoms with Crippen LogP contribution in [-0.2, 0) is 27.1 Å². The molecular weight excluding hydrogens is 820 g/mol. The highest BCUT2D eigenvalue weighted by atomic mass is 15.2. The van der Waals surface area contributed by atoms with E-state index in [-0.39, 0.29) is 33.9 Å². The third-order valence-corrected chi connectivity index (χ3v) is 16.8. The Labute approximate surface area is 406 Å². The number of hydrogen-bond donors (Lipinski definition) is 0. The quantitative estimate of drug-likeness (QED) is 0.163. The predicted molar refractivity (Wildman–Crippen MR) is 293 cm³/mol. The molecule has 0 saturated carbocycles. The number of nitrogens with zero attached hydrogens (tertiary/aromatic N) is 2. The molecule has 0 saturated heterocycles. The van der Waals surface area contributed by atoms with Crippen molar-refractivity contribution in [2.24, 2.45) is 0 Å². The molecule has 2 heterocycles. The minimum Gasteiger partial charge on any atom is -0.376 e. The van der Waals surface area contributed by atoms with Crippen LogP contribution in [0.3, 0.4) is 0 Å². The van der Waals surface area contributed by atoms with E-state index in [1.807, 2.05) is 0 Å². The normalized spacial score (nSPS) is 17.0. The fourth-order valence-corrected chi connectivity index (χ4v) is 12.7. The van der Waals surface area contributed by atoms with E-state index in [1.54, 1.807) is 0 Å². The highest BCUT2D eigenvalue weighted by Crippen LogP contribution is 2.59. The van der Waals surface area contributed by atoms with Crippen molar-refractivity contribution in [1.29, 1.82) is 0 Å². The average molecular weight is 885 g/mol. The van der Waals surface area contributed by atoms with Crippen LogP contribution in [0.1, 0.15) is 129 Å². The van der Waals surface area contributed by atoms with Crippen molar-refractivity contribution in [3.8, 4) is 33.4 Å². The lowest BCUT2D eigenvalue weighted by Gasteiger charge is -2.49. The smallest absolute Gasteiger partial charge is 0.333 e. The molecule has 8 aromatic carbocycles. The van der Waals surface area contributed by atoms with Crippen molar-refractivity contribution in [2.45, 2.75) is 123 Å². The molecule has 2 aliphatic carbocycles. The minimum absolute atomic E-state index is 0.0311. The van der Waals surface area contributed by atoms with Crippen LogP contribution in [0.4, 0.5) is 28.4 Å². The molecule has 0 bridgehead atoms. The third-order valence-electron chi connectivity index (χ3n) is 16.8. The van der Waals surface area contributed by atoms with Gasteiger partial charge in [0.2, 0.25) is 0 Å². The molecule has 0 amide bonds. The van der Waals surface area contributed by atoms with Crippen LogP contribution < -0.4 is 20.6 Å². The fraction of sp³-hybridized carbons (Fsp3) is 0.292. The summed E-state index contributed by atoms with van der Waals surface area (Å²) in [6.07, 6.45) is 2.33. The largest absolute Gasteiger partial charge is 0.376 e. The van der Waals surface area contributed by atoms with Gasteiger partial charge in [0, 0.05) is 39.2 Å². The molecule has 0 fully saturated rings. The fourth-order valence-electron chi connectivity index (χ4n) is 12.7. The summed E-state index contributed by atoms with van der Waals surface area (Å²) in [6.45, 7) is 28.6. The number of fused-ring (bicyclic) bond motifs is 11. The van der Waals surface area contributed by atoms with Crippen LogP contribution in [0.25, 0.3) is 44.2 Å². The van der Waals surface area contributed by atoms with Crippen molar-refractivity contribution < 1.29 is 0 Å². The molecule has 4 aliphatic rings. The summed E-state index contributed by atoms with van der Waals surface area (Å²) in [5.74, 6) is 0. The Morgan fingerprint density at radius 2 is 1.10 bits per heavy atom. The zero-order chi connectivity index (χ0) is 47.4. The van der Waals surface area contributed by atoms with Crippen LogP contribution in [0.2, 0.25) is 0 Å². The van der Waals surface area contributed by atoms with Crippen LogP contribution in [-0.4, -0.2) is 6.85 Å². The first-order valence-corrected chi connectivity index (χ1v) is 25.2. The van der Waals surface area contributed by atoms with Gasteiger partial charge in [-0.3, -0.25) is 0 Å². The lowest BCUT2D eigenvalue weighted by Crippen LogP contribution is -2.62. The van der Waals surface area contributed by atoms with Crippen LogP contribution >= 0.6 is 0 Å². The Kier molecular flexibility index (Phi) is 9.08. The maximum atomic E-state index is 2.76. The highest BCUT2D eigenvalue weighted by Gasteiger charge is 2.50. The van der Waals surface area contributed by atoms with Crippen LogP contribution in [0.5, 0.6) is 0 Å². The number of anilines is 5. The number of benzene rings is 8. The molecule has 3 heteroatoms. The summed E-state index contributed by atoms with van der Waals surface area (Å²) >= 11 is 0. The van der Waals surface area contributed by atoms with Gasteiger partial charge in [-0.25, -0.2) is 0 Å². The Morgan fingerprint density at radius 1 is 0.471 bits per heavy atom. The maximum absolute atomic E-state index is 2.76. The number of hydrogen-bond acceptors (Lipinski definition) is 2. The van der Waals surface area contributed by atoms with Gasteiger partial charge in [0.1, 0.15) is 0 Å². The first kappa shape index (κ1) is 43.0. The summed E-state index contributed by atoms with van der Waals surface area (Å²) < 4.78 is 0. The van der Waals surface area contributed by atoms with Gasteiger partial charge in [-0.05, 0) is 149 Å². The summed E-state index contributed by atoms with van der Waals surface area (Å²) in [6, 6.07) is 59.4. The van der Waals surface area contributed by atoms with Gasteiger partial charge in [-0.1, -0.05) is 192 Å². The van der Waals surface area contributed by atoms with Crippen LogP contribution in [0, 0.1) is 0 Å². The van der Waals surface area contributed by atoms with E-state index in [0.717, 1.165) is 12.8 Å². The van der Waals surface area contributed by atoms with Gasteiger partial charge in [0.05, 0.1) is 11.4 Å². The van der Waals surface area contributed by atoms with Crippen LogP contribution in [0.15, 0.2) is 152 Å². The molecule has 68 heavy (non-hydrogen) atoms.